The van der Waals surface area contributed by atoms with Crippen molar-refractivity contribution in [2.45, 2.75) is 95.6 Å². The summed E-state index contributed by atoms with van der Waals surface area (Å²) in [7, 11) is 4.15. The number of carbonyl (C=O) groups excluding carboxylic acids is 1. The summed E-state index contributed by atoms with van der Waals surface area (Å²) in [5, 5.41) is 7.47. The van der Waals surface area contributed by atoms with Gasteiger partial charge >= 0.3 is 6.09 Å². The maximum absolute atomic E-state index is 12.5. The summed E-state index contributed by atoms with van der Waals surface area (Å²) in [6, 6.07) is -0.313. The van der Waals surface area contributed by atoms with Crippen LogP contribution in [0.25, 0.3) is 0 Å². The molecular weight excluding hydrogens is 392 g/mol. The molecule has 1 aromatic rings. The highest BCUT2D eigenvalue weighted by Gasteiger charge is 2.54. The predicted molar refractivity (Wildman–Crippen MR) is 119 cm³/mol. The second kappa shape index (κ2) is 8.72. The van der Waals surface area contributed by atoms with Crippen LogP contribution in [0.3, 0.4) is 0 Å². The molecule has 4 aliphatic carbocycles. The highest BCUT2D eigenvalue weighted by Crippen LogP contribution is 2.60. The van der Waals surface area contributed by atoms with E-state index in [1.165, 1.54) is 38.5 Å². The number of hydrogen-bond donors (Lipinski definition) is 1. The van der Waals surface area contributed by atoms with Crippen LogP contribution in [0.5, 0.6) is 0 Å². The van der Waals surface area contributed by atoms with Crippen molar-refractivity contribution in [3.8, 4) is 0 Å². The topological polar surface area (TPSA) is 80.5 Å². The lowest BCUT2D eigenvalue weighted by molar-refractivity contribution is -0.0103. The molecule has 1 aromatic heterocycles. The first kappa shape index (κ1) is 22.6. The molecule has 1 heterocycles. The Labute approximate surface area is 186 Å². The minimum absolute atomic E-state index is 0.0951. The maximum atomic E-state index is 12.5. The van der Waals surface area contributed by atoms with E-state index in [9.17, 15) is 4.79 Å². The van der Waals surface area contributed by atoms with Crippen LogP contribution in [0, 0.1) is 17.8 Å². The molecular formula is C24H40N4O3. The van der Waals surface area contributed by atoms with Crippen molar-refractivity contribution in [2.24, 2.45) is 17.8 Å². The Bertz CT molecular complexity index is 732. The van der Waals surface area contributed by atoms with Crippen LogP contribution in [0.15, 0.2) is 4.52 Å². The summed E-state index contributed by atoms with van der Waals surface area (Å²) in [6.45, 7) is 6.63. The molecule has 5 rings (SSSR count). The molecule has 4 fully saturated rings. The molecule has 7 heteroatoms. The molecule has 0 aromatic carbocycles. The van der Waals surface area contributed by atoms with Gasteiger partial charge in [-0.2, -0.15) is 4.98 Å². The average molecular weight is 433 g/mol. The predicted octanol–water partition coefficient (Wildman–Crippen LogP) is 4.84. The molecule has 174 valence electrons. The lowest BCUT2D eigenvalue weighted by Gasteiger charge is -2.55. The third-order valence-electron chi connectivity index (χ3n) is 7.29. The van der Waals surface area contributed by atoms with Crippen molar-refractivity contribution in [1.29, 1.82) is 0 Å². The molecule has 0 aliphatic heterocycles. The Kier molecular flexibility index (Phi) is 6.35. The van der Waals surface area contributed by atoms with Gasteiger partial charge in [-0.1, -0.05) is 5.16 Å². The molecule has 7 nitrogen and oxygen atoms in total. The lowest BCUT2D eigenvalue weighted by atomic mass is 9.49. The minimum atomic E-state index is -0.543. The summed E-state index contributed by atoms with van der Waals surface area (Å²) in [6.07, 6.45) is 10.1. The molecule has 4 saturated carbocycles. The van der Waals surface area contributed by atoms with Crippen LogP contribution in [0.2, 0.25) is 0 Å². The Morgan fingerprint density at radius 1 is 1.16 bits per heavy atom. The van der Waals surface area contributed by atoms with Gasteiger partial charge in [-0.25, -0.2) is 4.79 Å². The number of unbranched alkanes of at least 4 members (excludes halogenated alkanes) is 1. The summed E-state index contributed by atoms with van der Waals surface area (Å²) < 4.78 is 11.3. The van der Waals surface area contributed by atoms with Gasteiger partial charge in [0, 0.05) is 5.41 Å². The molecule has 4 aliphatic rings. The SMILES string of the molecule is CN(C)CCCCC(NC(=O)OC(C)(C)C)c1nc(C23CC4CC(CC(C4)C2)C3)no1. The van der Waals surface area contributed by atoms with Crippen LogP contribution < -0.4 is 5.32 Å². The van der Waals surface area contributed by atoms with E-state index in [4.69, 9.17) is 14.2 Å². The fourth-order valence-corrected chi connectivity index (χ4v) is 6.46. The summed E-state index contributed by atoms with van der Waals surface area (Å²) in [5.41, 5.74) is -0.448. The first-order chi connectivity index (χ1) is 14.6. The number of rotatable bonds is 8. The number of carbonyl (C=O) groups is 1. The first-order valence-electron chi connectivity index (χ1n) is 12.1. The molecule has 0 saturated heterocycles. The first-order valence-corrected chi connectivity index (χ1v) is 12.1. The third kappa shape index (κ3) is 5.41. The lowest BCUT2D eigenvalue weighted by Crippen LogP contribution is -2.49. The second-order valence-corrected chi connectivity index (χ2v) is 11.7. The van der Waals surface area contributed by atoms with E-state index in [-0.39, 0.29) is 11.5 Å². The Morgan fingerprint density at radius 2 is 1.77 bits per heavy atom. The van der Waals surface area contributed by atoms with Gasteiger partial charge in [0.15, 0.2) is 5.82 Å². The highest BCUT2D eigenvalue weighted by molar-refractivity contribution is 5.68. The van der Waals surface area contributed by atoms with Crippen molar-refractivity contribution in [1.82, 2.24) is 20.4 Å². The second-order valence-electron chi connectivity index (χ2n) is 11.7. The van der Waals surface area contributed by atoms with Crippen molar-refractivity contribution in [2.75, 3.05) is 20.6 Å². The van der Waals surface area contributed by atoms with Crippen molar-refractivity contribution in [3.05, 3.63) is 11.7 Å². The molecule has 1 amide bonds. The summed E-state index contributed by atoms with van der Waals surface area (Å²) in [5.74, 6) is 3.90. The molecule has 1 atom stereocenters. The number of nitrogens with one attached hydrogen (secondary N) is 1. The zero-order valence-corrected chi connectivity index (χ0v) is 19.9. The molecule has 1 unspecified atom stereocenters. The zero-order valence-electron chi connectivity index (χ0n) is 19.9. The third-order valence-corrected chi connectivity index (χ3v) is 7.29. The van der Waals surface area contributed by atoms with E-state index in [1.807, 2.05) is 20.8 Å². The standard InChI is InChI=1S/C24H40N4O3/c1-23(2,3)30-22(29)25-19(8-6-7-9-28(4)5)20-26-21(27-31-20)24-13-16-10-17(14-24)12-18(11-16)15-24/h16-19H,6-15H2,1-5H3,(H,25,29). The van der Waals surface area contributed by atoms with Crippen molar-refractivity contribution < 1.29 is 14.1 Å². The van der Waals surface area contributed by atoms with E-state index < -0.39 is 11.7 Å². The molecule has 0 radical (unpaired) electrons. The van der Waals surface area contributed by atoms with E-state index in [1.54, 1.807) is 0 Å². The van der Waals surface area contributed by atoms with Gasteiger partial charge in [0.1, 0.15) is 11.6 Å². The van der Waals surface area contributed by atoms with Crippen LogP contribution >= 0.6 is 0 Å². The smallest absolute Gasteiger partial charge is 0.408 e. The van der Waals surface area contributed by atoms with Gasteiger partial charge < -0.3 is 19.5 Å². The fourth-order valence-electron chi connectivity index (χ4n) is 6.46. The van der Waals surface area contributed by atoms with Gasteiger partial charge in [-0.05, 0) is 117 Å². The van der Waals surface area contributed by atoms with Crippen LogP contribution in [0.4, 0.5) is 4.79 Å². The fraction of sp³-hybridized carbons (Fsp3) is 0.875. The Hall–Kier alpha value is -1.63. The van der Waals surface area contributed by atoms with E-state index in [0.29, 0.717) is 5.89 Å². The number of aromatic nitrogens is 2. The number of amides is 1. The van der Waals surface area contributed by atoms with Gasteiger partial charge in [-0.15, -0.1) is 0 Å². The number of nitrogens with zero attached hydrogens (tertiary/aromatic N) is 3. The summed E-state index contributed by atoms with van der Waals surface area (Å²) in [4.78, 5) is 19.6. The minimum Gasteiger partial charge on any atom is -0.444 e. The van der Waals surface area contributed by atoms with Crippen LogP contribution in [0.1, 0.15) is 96.3 Å². The van der Waals surface area contributed by atoms with Gasteiger partial charge in [0.05, 0.1) is 0 Å². The zero-order chi connectivity index (χ0) is 22.2. The maximum Gasteiger partial charge on any atom is 0.408 e. The number of hydrogen-bond acceptors (Lipinski definition) is 6. The Morgan fingerprint density at radius 3 is 2.32 bits per heavy atom. The average Bonchev–Trinajstić information content (AvgIpc) is 3.12. The molecule has 0 spiro atoms. The molecule has 4 bridgehead atoms. The molecule has 31 heavy (non-hydrogen) atoms. The monoisotopic (exact) mass is 432 g/mol. The van der Waals surface area contributed by atoms with Crippen molar-refractivity contribution in [3.63, 3.8) is 0 Å². The Balaban J connectivity index is 1.47. The normalized spacial score (nSPS) is 30.6. The molecule has 1 N–H and O–H groups in total. The van der Waals surface area contributed by atoms with E-state index in [2.05, 4.69) is 29.5 Å². The summed E-state index contributed by atoms with van der Waals surface area (Å²) >= 11 is 0. The number of alkyl carbamates (subject to hydrolysis) is 1. The van der Waals surface area contributed by atoms with Gasteiger partial charge in [0.2, 0.25) is 5.89 Å². The van der Waals surface area contributed by atoms with E-state index in [0.717, 1.165) is 49.4 Å². The van der Waals surface area contributed by atoms with Crippen molar-refractivity contribution >= 4 is 6.09 Å². The van der Waals surface area contributed by atoms with Gasteiger partial charge in [0.25, 0.3) is 0 Å². The highest BCUT2D eigenvalue weighted by atomic mass is 16.6. The quantitative estimate of drug-likeness (QED) is 0.592. The number of ether oxygens (including phenoxy) is 1. The van der Waals surface area contributed by atoms with E-state index >= 15 is 0 Å². The largest absolute Gasteiger partial charge is 0.444 e. The van der Waals surface area contributed by atoms with Gasteiger partial charge in [-0.3, -0.25) is 0 Å². The van der Waals surface area contributed by atoms with Crippen LogP contribution in [-0.2, 0) is 10.2 Å². The van der Waals surface area contributed by atoms with Crippen LogP contribution in [-0.4, -0.2) is 47.4 Å².